The highest BCUT2D eigenvalue weighted by atomic mass is 32.2. The lowest BCUT2D eigenvalue weighted by atomic mass is 9.86. The number of ether oxygens (including phenoxy) is 2. The number of halogens is 3. The first-order valence-electron chi connectivity index (χ1n) is 11.2. The second kappa shape index (κ2) is 10.7. The van der Waals surface area contributed by atoms with Gasteiger partial charge in [-0.15, -0.1) is 0 Å². The molecule has 0 aromatic heterocycles. The smallest absolute Gasteiger partial charge is 0.484 e. The van der Waals surface area contributed by atoms with E-state index in [0.717, 1.165) is 4.90 Å². The van der Waals surface area contributed by atoms with E-state index >= 15 is 0 Å². The summed E-state index contributed by atoms with van der Waals surface area (Å²) >= 11 is 0. The maximum absolute atomic E-state index is 13.0. The fraction of sp³-hybridized carbons (Fsp3) is 0.292. The Labute approximate surface area is 215 Å². The molecule has 0 saturated carbocycles. The molecule has 2 heterocycles. The lowest BCUT2D eigenvalue weighted by Crippen LogP contribution is -2.72. The molecule has 0 bridgehead atoms. The Morgan fingerprint density at radius 1 is 1.03 bits per heavy atom. The first kappa shape index (κ1) is 27.0. The monoisotopic (exact) mass is 554 g/mol. The largest absolute Gasteiger partial charge is 0.534 e. The predicted octanol–water partition coefficient (Wildman–Crippen LogP) is 2.38. The van der Waals surface area contributed by atoms with Gasteiger partial charge in [0.1, 0.15) is 18.4 Å². The molecule has 2 aromatic rings. The topological polar surface area (TPSA) is 128 Å². The molecule has 2 aliphatic rings. The number of carbonyl (C=O) groups is 3. The van der Waals surface area contributed by atoms with Crippen LogP contribution in [0.2, 0.25) is 0 Å². The van der Waals surface area contributed by atoms with Gasteiger partial charge in [-0.25, -0.2) is 4.79 Å². The molecule has 38 heavy (non-hydrogen) atoms. The van der Waals surface area contributed by atoms with E-state index in [4.69, 9.17) is 9.47 Å². The molecule has 1 saturated heterocycles. The standard InChI is InChI=1S/C24H21F3N2O8S/c25-24(26,27)38(33,34)37-18-12-11-17-20(28-19(30)14-35-16-9-5-2-6-10-16)22(31)29(17)21(18)23(32)36-13-15-7-3-1-4-8-15/h1-10,17,20H,11-14H2,(H,28,30)/t17-,20?/m1/s1. The molecule has 2 amide bonds. The number of allylic oxidation sites excluding steroid dienone is 1. The zero-order valence-corrected chi connectivity index (χ0v) is 20.3. The van der Waals surface area contributed by atoms with Gasteiger partial charge in [0.2, 0.25) is 0 Å². The number of esters is 1. The van der Waals surface area contributed by atoms with Gasteiger partial charge in [0, 0.05) is 6.42 Å². The highest BCUT2D eigenvalue weighted by Gasteiger charge is 2.56. The minimum absolute atomic E-state index is 0.0889. The highest BCUT2D eigenvalue weighted by Crippen LogP contribution is 2.39. The Bertz CT molecular complexity index is 1350. The molecule has 1 N–H and O–H groups in total. The first-order valence-corrected chi connectivity index (χ1v) is 12.6. The predicted molar refractivity (Wildman–Crippen MR) is 123 cm³/mol. The number of alkyl halides is 3. The molecule has 1 fully saturated rings. The summed E-state index contributed by atoms with van der Waals surface area (Å²) in [5, 5.41) is 2.47. The van der Waals surface area contributed by atoms with Crippen molar-refractivity contribution in [2.45, 2.75) is 37.0 Å². The quantitative estimate of drug-likeness (QED) is 0.217. The summed E-state index contributed by atoms with van der Waals surface area (Å²) in [7, 11) is -6.12. The third-order valence-corrected chi connectivity index (χ3v) is 6.71. The molecular formula is C24H21F3N2O8S. The third kappa shape index (κ3) is 5.74. The molecule has 10 nitrogen and oxygen atoms in total. The fourth-order valence-corrected chi connectivity index (χ4v) is 4.47. The van der Waals surface area contributed by atoms with Gasteiger partial charge in [-0.2, -0.15) is 21.6 Å². The summed E-state index contributed by atoms with van der Waals surface area (Å²) in [5.74, 6) is -3.20. The number of nitrogens with one attached hydrogen (secondary N) is 1. The number of hydrogen-bond donors (Lipinski definition) is 1. The van der Waals surface area contributed by atoms with Gasteiger partial charge >= 0.3 is 21.6 Å². The van der Waals surface area contributed by atoms with Crippen LogP contribution in [0, 0.1) is 0 Å². The van der Waals surface area contributed by atoms with Crippen LogP contribution in [-0.4, -0.2) is 55.3 Å². The van der Waals surface area contributed by atoms with Crippen molar-refractivity contribution < 1.29 is 49.6 Å². The van der Waals surface area contributed by atoms with E-state index in [2.05, 4.69) is 9.50 Å². The Kier molecular flexibility index (Phi) is 7.62. The van der Waals surface area contributed by atoms with E-state index < -0.39 is 70.0 Å². The summed E-state index contributed by atoms with van der Waals surface area (Å²) in [5.41, 5.74) is -5.98. The number of fused-ring (bicyclic) bond motifs is 1. The van der Waals surface area contributed by atoms with E-state index in [9.17, 15) is 36.0 Å². The average molecular weight is 554 g/mol. The molecule has 202 valence electrons. The van der Waals surface area contributed by atoms with Crippen molar-refractivity contribution >= 4 is 27.9 Å². The minimum Gasteiger partial charge on any atom is -0.484 e. The van der Waals surface area contributed by atoms with Crippen LogP contribution in [0.5, 0.6) is 5.75 Å². The van der Waals surface area contributed by atoms with E-state index in [-0.39, 0.29) is 13.0 Å². The number of para-hydroxylation sites is 1. The number of rotatable bonds is 9. The maximum Gasteiger partial charge on any atom is 0.534 e. The lowest BCUT2D eigenvalue weighted by molar-refractivity contribution is -0.159. The zero-order chi connectivity index (χ0) is 27.5. The maximum atomic E-state index is 13.0. The van der Waals surface area contributed by atoms with E-state index in [0.29, 0.717) is 11.3 Å². The van der Waals surface area contributed by atoms with Crippen LogP contribution in [0.3, 0.4) is 0 Å². The number of β-lactam (4-membered cyclic amide) rings is 1. The highest BCUT2D eigenvalue weighted by molar-refractivity contribution is 7.87. The zero-order valence-electron chi connectivity index (χ0n) is 19.5. The van der Waals surface area contributed by atoms with Crippen LogP contribution in [-0.2, 0) is 40.0 Å². The van der Waals surface area contributed by atoms with Crippen molar-refractivity contribution in [2.75, 3.05) is 6.61 Å². The van der Waals surface area contributed by atoms with E-state index in [1.54, 1.807) is 60.7 Å². The van der Waals surface area contributed by atoms with E-state index in [1.807, 2.05) is 0 Å². The van der Waals surface area contributed by atoms with Crippen molar-refractivity contribution in [3.63, 3.8) is 0 Å². The van der Waals surface area contributed by atoms with Gasteiger partial charge in [-0.05, 0) is 24.1 Å². The first-order chi connectivity index (χ1) is 18.0. The molecule has 2 aliphatic heterocycles. The number of carbonyl (C=O) groups excluding carboxylic acids is 3. The molecular weight excluding hydrogens is 533 g/mol. The van der Waals surface area contributed by atoms with Crippen molar-refractivity contribution in [3.8, 4) is 5.75 Å². The van der Waals surface area contributed by atoms with Crippen LogP contribution in [0.4, 0.5) is 13.2 Å². The van der Waals surface area contributed by atoms with Gasteiger partial charge in [0.25, 0.3) is 11.8 Å². The molecule has 1 unspecified atom stereocenters. The molecule has 14 heteroatoms. The van der Waals surface area contributed by atoms with Crippen LogP contribution in [0.15, 0.2) is 72.1 Å². The Balaban J connectivity index is 1.51. The Hall–Kier alpha value is -4.07. The normalized spacial score (nSPS) is 19.2. The molecule has 0 spiro atoms. The lowest BCUT2D eigenvalue weighted by Gasteiger charge is -2.49. The fourth-order valence-electron chi connectivity index (χ4n) is 3.95. The summed E-state index contributed by atoms with van der Waals surface area (Å²) in [6, 6.07) is 14.7. The molecule has 4 rings (SSSR count). The summed E-state index contributed by atoms with van der Waals surface area (Å²) < 4.78 is 76.9. The average Bonchev–Trinajstić information content (AvgIpc) is 2.89. The van der Waals surface area contributed by atoms with Gasteiger partial charge in [-0.1, -0.05) is 48.5 Å². The van der Waals surface area contributed by atoms with Crippen LogP contribution >= 0.6 is 0 Å². The second-order valence-electron chi connectivity index (χ2n) is 8.28. The molecule has 0 aliphatic carbocycles. The number of amides is 2. The third-order valence-electron chi connectivity index (χ3n) is 5.72. The van der Waals surface area contributed by atoms with Crippen LogP contribution in [0.25, 0.3) is 0 Å². The van der Waals surface area contributed by atoms with Gasteiger partial charge in [0.15, 0.2) is 18.1 Å². The van der Waals surface area contributed by atoms with Gasteiger partial charge in [0.05, 0.1) is 6.04 Å². The van der Waals surface area contributed by atoms with Crippen molar-refractivity contribution in [2.24, 2.45) is 0 Å². The number of hydrogen-bond acceptors (Lipinski definition) is 8. The molecule has 0 radical (unpaired) electrons. The minimum atomic E-state index is -6.12. The number of benzene rings is 2. The molecule has 2 aromatic carbocycles. The second-order valence-corrected chi connectivity index (χ2v) is 9.82. The summed E-state index contributed by atoms with van der Waals surface area (Å²) in [6.45, 7) is -0.716. The van der Waals surface area contributed by atoms with Crippen molar-refractivity contribution in [1.29, 1.82) is 0 Å². The van der Waals surface area contributed by atoms with E-state index in [1.165, 1.54) is 0 Å². The Morgan fingerprint density at radius 2 is 1.66 bits per heavy atom. The SMILES string of the molecule is O=C(COc1ccccc1)NC1C(=O)N2C(C(=O)OCc3ccccc3)=C(OS(=O)(=O)C(F)(F)F)CC[C@H]12. The van der Waals surface area contributed by atoms with Crippen molar-refractivity contribution in [3.05, 3.63) is 77.7 Å². The summed E-state index contributed by atoms with van der Waals surface area (Å²) in [4.78, 5) is 38.9. The van der Waals surface area contributed by atoms with Crippen molar-refractivity contribution in [1.82, 2.24) is 10.2 Å². The van der Waals surface area contributed by atoms with Gasteiger partial charge < -0.3 is 19.0 Å². The van der Waals surface area contributed by atoms with Gasteiger partial charge in [-0.3, -0.25) is 14.5 Å². The van der Waals surface area contributed by atoms with Crippen LogP contribution < -0.4 is 10.1 Å². The molecule has 2 atom stereocenters. The van der Waals surface area contributed by atoms with Crippen LogP contribution in [0.1, 0.15) is 18.4 Å². The Morgan fingerprint density at radius 3 is 2.29 bits per heavy atom. The number of nitrogens with zero attached hydrogens (tertiary/aromatic N) is 1. The summed E-state index contributed by atoms with van der Waals surface area (Å²) in [6.07, 6.45) is -0.527.